The lowest BCUT2D eigenvalue weighted by atomic mass is 10.4. The summed E-state index contributed by atoms with van der Waals surface area (Å²) in [5.74, 6) is 0.844. The second-order valence-corrected chi connectivity index (χ2v) is 3.77. The number of fused-ring (bicyclic) bond motifs is 1. The Hall–Kier alpha value is -1.75. The molecule has 2 rings (SSSR count). The van der Waals surface area contributed by atoms with Crippen molar-refractivity contribution < 1.29 is 0 Å². The highest BCUT2D eigenvalue weighted by Gasteiger charge is 1.98. The summed E-state index contributed by atoms with van der Waals surface area (Å²) in [6, 6.07) is 3.86. The third-order valence-electron chi connectivity index (χ3n) is 2.37. The highest BCUT2D eigenvalue weighted by Crippen LogP contribution is 2.09. The minimum absolute atomic E-state index is 0.680. The van der Waals surface area contributed by atoms with Crippen molar-refractivity contribution in [3.63, 3.8) is 0 Å². The number of pyridine rings is 1. The number of hydrogen-bond acceptors (Lipinski definition) is 5. The summed E-state index contributed by atoms with van der Waals surface area (Å²) >= 11 is 0. The highest BCUT2D eigenvalue weighted by atomic mass is 15.0. The molecule has 2 aromatic rings. The Morgan fingerprint density at radius 2 is 1.94 bits per heavy atom. The van der Waals surface area contributed by atoms with Crippen LogP contribution in [0.1, 0.15) is 13.3 Å². The van der Waals surface area contributed by atoms with Gasteiger partial charge in [0.25, 0.3) is 0 Å². The summed E-state index contributed by atoms with van der Waals surface area (Å²) in [4.78, 5) is 12.7. The van der Waals surface area contributed by atoms with Crippen molar-refractivity contribution in [2.75, 3.05) is 25.0 Å². The number of aromatic nitrogens is 3. The molecule has 0 saturated carbocycles. The fraction of sp³-hybridized carbons (Fsp3) is 0.417. The van der Waals surface area contributed by atoms with Gasteiger partial charge < -0.3 is 10.6 Å². The quantitative estimate of drug-likeness (QED) is 0.736. The van der Waals surface area contributed by atoms with Crippen LogP contribution in [0.4, 0.5) is 5.82 Å². The first-order chi connectivity index (χ1) is 8.40. The second kappa shape index (κ2) is 6.10. The highest BCUT2D eigenvalue weighted by molar-refractivity contribution is 5.71. The number of nitrogens with zero attached hydrogens (tertiary/aromatic N) is 3. The summed E-state index contributed by atoms with van der Waals surface area (Å²) < 4.78 is 0. The number of nitrogens with one attached hydrogen (secondary N) is 2. The van der Waals surface area contributed by atoms with Gasteiger partial charge in [0.1, 0.15) is 11.3 Å². The van der Waals surface area contributed by atoms with Crippen LogP contribution in [-0.2, 0) is 0 Å². The van der Waals surface area contributed by atoms with Gasteiger partial charge in [0.2, 0.25) is 0 Å². The topological polar surface area (TPSA) is 62.7 Å². The van der Waals surface area contributed by atoms with Crippen LogP contribution in [0.15, 0.2) is 24.5 Å². The standard InChI is InChI=1S/C12H17N5/c1-2-5-13-6-7-15-11-4-3-10-12(17-11)16-9-8-14-10/h3-4,8-9,13H,2,5-7H2,1H3,(H,15,16,17). The molecule has 0 aliphatic carbocycles. The molecule has 5 nitrogen and oxygen atoms in total. The molecule has 0 bridgehead atoms. The lowest BCUT2D eigenvalue weighted by molar-refractivity contribution is 0.687. The van der Waals surface area contributed by atoms with Crippen LogP contribution in [0.3, 0.4) is 0 Å². The predicted molar refractivity (Wildman–Crippen MR) is 69.0 cm³/mol. The van der Waals surface area contributed by atoms with Crippen molar-refractivity contribution in [1.82, 2.24) is 20.3 Å². The molecule has 0 radical (unpaired) electrons. The average molecular weight is 231 g/mol. The zero-order valence-electron chi connectivity index (χ0n) is 9.98. The number of anilines is 1. The third kappa shape index (κ3) is 3.35. The van der Waals surface area contributed by atoms with Crippen LogP contribution < -0.4 is 10.6 Å². The zero-order chi connectivity index (χ0) is 11.9. The molecular formula is C12H17N5. The SMILES string of the molecule is CCCNCCNc1ccc2nccnc2n1. The zero-order valence-corrected chi connectivity index (χ0v) is 9.98. The smallest absolute Gasteiger partial charge is 0.180 e. The van der Waals surface area contributed by atoms with E-state index in [2.05, 4.69) is 32.5 Å². The van der Waals surface area contributed by atoms with E-state index in [4.69, 9.17) is 0 Å². The van der Waals surface area contributed by atoms with Gasteiger partial charge in [-0.1, -0.05) is 6.92 Å². The van der Waals surface area contributed by atoms with E-state index in [1.165, 1.54) is 0 Å². The van der Waals surface area contributed by atoms with Gasteiger partial charge in [-0.05, 0) is 25.1 Å². The van der Waals surface area contributed by atoms with Crippen molar-refractivity contribution in [2.24, 2.45) is 0 Å². The van der Waals surface area contributed by atoms with Gasteiger partial charge in [-0.25, -0.2) is 9.97 Å². The summed E-state index contributed by atoms with van der Waals surface area (Å²) in [5, 5.41) is 6.58. The predicted octanol–water partition coefficient (Wildman–Crippen LogP) is 1.44. The molecule has 0 aromatic carbocycles. The van der Waals surface area contributed by atoms with Crippen LogP contribution >= 0.6 is 0 Å². The fourth-order valence-electron chi connectivity index (χ4n) is 1.53. The van der Waals surface area contributed by atoms with Crippen molar-refractivity contribution in [3.05, 3.63) is 24.5 Å². The van der Waals surface area contributed by atoms with Gasteiger partial charge in [-0.15, -0.1) is 0 Å². The Morgan fingerprint density at radius 3 is 2.82 bits per heavy atom. The van der Waals surface area contributed by atoms with Gasteiger partial charge in [0, 0.05) is 25.5 Å². The second-order valence-electron chi connectivity index (χ2n) is 3.77. The van der Waals surface area contributed by atoms with E-state index in [1.807, 2.05) is 12.1 Å². The molecule has 0 aliphatic heterocycles. The van der Waals surface area contributed by atoms with Crippen LogP contribution in [0.5, 0.6) is 0 Å². The van der Waals surface area contributed by atoms with Crippen molar-refractivity contribution in [1.29, 1.82) is 0 Å². The maximum absolute atomic E-state index is 4.38. The molecule has 5 heteroatoms. The minimum Gasteiger partial charge on any atom is -0.369 e. The molecule has 0 fully saturated rings. The molecule has 0 atom stereocenters. The third-order valence-corrected chi connectivity index (χ3v) is 2.37. The van der Waals surface area contributed by atoms with Crippen molar-refractivity contribution in [2.45, 2.75) is 13.3 Å². The Kier molecular flexibility index (Phi) is 4.21. The number of rotatable bonds is 6. The molecule has 0 spiro atoms. The van der Waals surface area contributed by atoms with E-state index in [0.717, 1.165) is 37.4 Å². The van der Waals surface area contributed by atoms with Gasteiger partial charge in [-0.3, -0.25) is 4.98 Å². The van der Waals surface area contributed by atoms with Crippen LogP contribution in [0.2, 0.25) is 0 Å². The maximum Gasteiger partial charge on any atom is 0.180 e. The molecule has 0 unspecified atom stereocenters. The molecule has 0 saturated heterocycles. The van der Waals surface area contributed by atoms with Gasteiger partial charge in [-0.2, -0.15) is 0 Å². The molecule has 0 aliphatic rings. The fourth-order valence-corrected chi connectivity index (χ4v) is 1.53. The molecule has 2 aromatic heterocycles. The summed E-state index contributed by atoms with van der Waals surface area (Å²) in [6.45, 7) is 5.01. The monoisotopic (exact) mass is 231 g/mol. The Morgan fingerprint density at radius 1 is 1.06 bits per heavy atom. The summed E-state index contributed by atoms with van der Waals surface area (Å²) in [5.41, 5.74) is 1.50. The van der Waals surface area contributed by atoms with E-state index in [-0.39, 0.29) is 0 Å². The van der Waals surface area contributed by atoms with Crippen LogP contribution in [-0.4, -0.2) is 34.6 Å². The van der Waals surface area contributed by atoms with Crippen LogP contribution in [0, 0.1) is 0 Å². The summed E-state index contributed by atoms with van der Waals surface area (Å²) in [7, 11) is 0. The molecule has 90 valence electrons. The Labute approximate surface area is 101 Å². The van der Waals surface area contributed by atoms with E-state index < -0.39 is 0 Å². The lowest BCUT2D eigenvalue weighted by Crippen LogP contribution is -2.23. The van der Waals surface area contributed by atoms with E-state index in [1.54, 1.807) is 12.4 Å². The van der Waals surface area contributed by atoms with Crippen molar-refractivity contribution in [3.8, 4) is 0 Å². The largest absolute Gasteiger partial charge is 0.369 e. The first-order valence-electron chi connectivity index (χ1n) is 5.92. The average Bonchev–Trinajstić information content (AvgIpc) is 2.38. The first kappa shape index (κ1) is 11.7. The van der Waals surface area contributed by atoms with Gasteiger partial charge in [0.15, 0.2) is 5.65 Å². The Balaban J connectivity index is 1.90. The van der Waals surface area contributed by atoms with Crippen LogP contribution in [0.25, 0.3) is 11.2 Å². The first-order valence-corrected chi connectivity index (χ1v) is 5.92. The van der Waals surface area contributed by atoms with E-state index in [0.29, 0.717) is 5.65 Å². The minimum atomic E-state index is 0.680. The molecule has 2 heterocycles. The molecule has 17 heavy (non-hydrogen) atoms. The lowest BCUT2D eigenvalue weighted by Gasteiger charge is -2.06. The maximum atomic E-state index is 4.38. The normalized spacial score (nSPS) is 10.6. The van der Waals surface area contributed by atoms with Gasteiger partial charge >= 0.3 is 0 Å². The number of hydrogen-bond donors (Lipinski definition) is 2. The van der Waals surface area contributed by atoms with Crippen molar-refractivity contribution >= 4 is 17.0 Å². The molecule has 0 amide bonds. The van der Waals surface area contributed by atoms with Gasteiger partial charge in [0.05, 0.1) is 0 Å². The van der Waals surface area contributed by atoms with E-state index in [9.17, 15) is 0 Å². The molecule has 2 N–H and O–H groups in total. The summed E-state index contributed by atoms with van der Waals surface area (Å²) in [6.07, 6.45) is 4.48. The molecular weight excluding hydrogens is 214 g/mol. The van der Waals surface area contributed by atoms with E-state index >= 15 is 0 Å². The Bertz CT molecular complexity index is 471.